The number of hydrogen-bond donors (Lipinski definition) is 0. The van der Waals surface area contributed by atoms with Crippen molar-refractivity contribution in [3.05, 3.63) is 89.0 Å². The van der Waals surface area contributed by atoms with Gasteiger partial charge in [0.1, 0.15) is 28.9 Å². The number of piperazine rings is 1. The van der Waals surface area contributed by atoms with Crippen LogP contribution in [0.15, 0.2) is 65.7 Å². The van der Waals surface area contributed by atoms with Crippen LogP contribution in [0.3, 0.4) is 0 Å². The molecule has 0 aliphatic carbocycles. The first-order chi connectivity index (χ1) is 15.5. The molecule has 0 saturated carbocycles. The van der Waals surface area contributed by atoms with Gasteiger partial charge in [0.15, 0.2) is 5.75 Å². The average molecular weight is 433 g/mol. The van der Waals surface area contributed by atoms with Gasteiger partial charge in [0, 0.05) is 32.2 Å². The molecule has 1 saturated heterocycles. The number of carbonyl (C=O) groups is 1. The lowest BCUT2D eigenvalue weighted by atomic mass is 10.1. The van der Waals surface area contributed by atoms with Gasteiger partial charge in [0.05, 0.1) is 11.1 Å². The van der Waals surface area contributed by atoms with E-state index in [2.05, 4.69) is 4.90 Å². The van der Waals surface area contributed by atoms with Crippen LogP contribution in [0.25, 0.3) is 0 Å². The van der Waals surface area contributed by atoms with Gasteiger partial charge in [0.2, 0.25) is 0 Å². The molecule has 5 rings (SSSR count). The molecule has 5 nitrogen and oxygen atoms in total. The first kappa shape index (κ1) is 20.2. The second kappa shape index (κ2) is 8.07. The van der Waals surface area contributed by atoms with E-state index in [4.69, 9.17) is 9.73 Å². The molecule has 0 aromatic heterocycles. The van der Waals surface area contributed by atoms with Crippen LogP contribution in [-0.4, -0.2) is 47.7 Å². The predicted molar refractivity (Wildman–Crippen MR) is 118 cm³/mol. The van der Waals surface area contributed by atoms with Crippen molar-refractivity contribution in [3.63, 3.8) is 0 Å². The molecule has 3 aromatic rings. The minimum atomic E-state index is -0.844. The van der Waals surface area contributed by atoms with Crippen LogP contribution < -0.4 is 4.74 Å². The molecule has 1 amide bonds. The Kier molecular flexibility index (Phi) is 5.09. The van der Waals surface area contributed by atoms with E-state index in [9.17, 15) is 13.6 Å². The highest BCUT2D eigenvalue weighted by Gasteiger charge is 2.28. The van der Waals surface area contributed by atoms with Crippen LogP contribution in [0, 0.1) is 18.6 Å². The van der Waals surface area contributed by atoms with E-state index >= 15 is 0 Å². The number of benzene rings is 3. The zero-order valence-electron chi connectivity index (χ0n) is 17.5. The van der Waals surface area contributed by atoms with Gasteiger partial charge < -0.3 is 14.5 Å². The molecule has 3 aromatic carbocycles. The number of rotatable bonds is 1. The molecule has 0 atom stereocenters. The summed E-state index contributed by atoms with van der Waals surface area (Å²) in [7, 11) is 0. The highest BCUT2D eigenvalue weighted by atomic mass is 19.1. The molecule has 162 valence electrons. The Morgan fingerprint density at radius 3 is 2.50 bits per heavy atom. The zero-order chi connectivity index (χ0) is 22.2. The molecular formula is C25H21F2N3O2. The Bertz CT molecular complexity index is 1230. The Labute approximate surface area is 184 Å². The molecule has 1 fully saturated rings. The number of amides is 1. The molecule has 7 heteroatoms. The summed E-state index contributed by atoms with van der Waals surface area (Å²) in [5.41, 5.74) is 2.59. The molecule has 2 aliphatic heterocycles. The monoisotopic (exact) mass is 433 g/mol. The van der Waals surface area contributed by atoms with Crippen molar-refractivity contribution in [3.8, 4) is 11.5 Å². The third-order valence-corrected chi connectivity index (χ3v) is 5.72. The number of amidine groups is 1. The van der Waals surface area contributed by atoms with Crippen molar-refractivity contribution >= 4 is 17.4 Å². The van der Waals surface area contributed by atoms with Gasteiger partial charge in [-0.25, -0.2) is 13.8 Å². The SMILES string of the molecule is Cc1ccc2c(c1)Oc1ccccc1C(N1CCN(C(=O)c3ccc(F)cc3F)CC1)=N2. The topological polar surface area (TPSA) is 45.1 Å². The summed E-state index contributed by atoms with van der Waals surface area (Å²) in [6, 6.07) is 16.7. The molecule has 2 aliphatic rings. The van der Waals surface area contributed by atoms with Crippen molar-refractivity contribution in [1.29, 1.82) is 0 Å². The molecular weight excluding hydrogens is 412 g/mol. The summed E-state index contributed by atoms with van der Waals surface area (Å²) < 4.78 is 33.4. The van der Waals surface area contributed by atoms with Crippen molar-refractivity contribution in [2.75, 3.05) is 26.2 Å². The summed E-state index contributed by atoms with van der Waals surface area (Å²) in [6.07, 6.45) is 0. The van der Waals surface area contributed by atoms with Gasteiger partial charge in [-0.05, 0) is 48.9 Å². The van der Waals surface area contributed by atoms with Crippen molar-refractivity contribution in [2.24, 2.45) is 4.99 Å². The number of aliphatic imine (C=N–C) groups is 1. The van der Waals surface area contributed by atoms with Crippen molar-refractivity contribution in [2.45, 2.75) is 6.92 Å². The fourth-order valence-electron chi connectivity index (χ4n) is 4.02. The minimum Gasteiger partial charge on any atom is -0.454 e. The molecule has 32 heavy (non-hydrogen) atoms. The zero-order valence-corrected chi connectivity index (χ0v) is 17.5. The molecule has 0 unspecified atom stereocenters. The van der Waals surface area contributed by atoms with Gasteiger partial charge in [-0.1, -0.05) is 18.2 Å². The number of halogens is 2. The van der Waals surface area contributed by atoms with E-state index < -0.39 is 17.5 Å². The first-order valence-corrected chi connectivity index (χ1v) is 10.5. The summed E-state index contributed by atoms with van der Waals surface area (Å²) in [4.78, 5) is 21.4. The standard InChI is InChI=1S/C25H21F2N3O2/c1-16-6-9-21-23(14-16)32-22-5-3-2-4-19(22)24(28-21)29-10-12-30(13-11-29)25(31)18-8-7-17(26)15-20(18)27/h2-9,14-15H,10-13H2,1H3. The van der Waals surface area contributed by atoms with Gasteiger partial charge >= 0.3 is 0 Å². The molecule has 0 N–H and O–H groups in total. The smallest absolute Gasteiger partial charge is 0.256 e. The quantitative estimate of drug-likeness (QED) is 0.548. The van der Waals surface area contributed by atoms with Gasteiger partial charge in [-0.3, -0.25) is 4.79 Å². The van der Waals surface area contributed by atoms with E-state index in [1.807, 2.05) is 49.4 Å². The van der Waals surface area contributed by atoms with Crippen molar-refractivity contribution in [1.82, 2.24) is 9.80 Å². The number of fused-ring (bicyclic) bond motifs is 2. The number of nitrogens with zero attached hydrogens (tertiary/aromatic N) is 3. The molecule has 0 spiro atoms. The highest BCUT2D eigenvalue weighted by molar-refractivity contribution is 6.04. The number of aryl methyl sites for hydroxylation is 1. The lowest BCUT2D eigenvalue weighted by molar-refractivity contribution is 0.0687. The second-order valence-corrected chi connectivity index (χ2v) is 7.91. The van der Waals surface area contributed by atoms with Gasteiger partial charge in [-0.2, -0.15) is 0 Å². The first-order valence-electron chi connectivity index (χ1n) is 10.5. The largest absolute Gasteiger partial charge is 0.454 e. The number of hydrogen-bond acceptors (Lipinski definition) is 4. The van der Waals surface area contributed by atoms with E-state index in [0.717, 1.165) is 40.5 Å². The summed E-state index contributed by atoms with van der Waals surface area (Å²) in [5.74, 6) is 0.225. The fourth-order valence-corrected chi connectivity index (χ4v) is 4.02. The van der Waals surface area contributed by atoms with Crippen LogP contribution in [0.2, 0.25) is 0 Å². The van der Waals surface area contributed by atoms with Crippen molar-refractivity contribution < 1.29 is 18.3 Å². The second-order valence-electron chi connectivity index (χ2n) is 7.91. The highest BCUT2D eigenvalue weighted by Crippen LogP contribution is 2.38. The Balaban J connectivity index is 1.41. The fraction of sp³-hybridized carbons (Fsp3) is 0.200. The maximum atomic E-state index is 14.1. The molecule has 0 radical (unpaired) electrons. The Morgan fingerprint density at radius 1 is 0.938 bits per heavy atom. The van der Waals surface area contributed by atoms with Gasteiger partial charge in [0.25, 0.3) is 5.91 Å². The van der Waals surface area contributed by atoms with E-state index in [-0.39, 0.29) is 5.56 Å². The van der Waals surface area contributed by atoms with Crippen LogP contribution in [0.5, 0.6) is 11.5 Å². The van der Waals surface area contributed by atoms with Crippen LogP contribution >= 0.6 is 0 Å². The summed E-state index contributed by atoms with van der Waals surface area (Å²) >= 11 is 0. The van der Waals surface area contributed by atoms with Crippen LogP contribution in [0.4, 0.5) is 14.5 Å². The normalized spacial score (nSPS) is 15.3. The van der Waals surface area contributed by atoms with Gasteiger partial charge in [-0.15, -0.1) is 0 Å². The minimum absolute atomic E-state index is 0.116. The Morgan fingerprint density at radius 2 is 1.72 bits per heavy atom. The molecule has 0 bridgehead atoms. The van der Waals surface area contributed by atoms with Crippen LogP contribution in [-0.2, 0) is 0 Å². The third kappa shape index (κ3) is 3.70. The predicted octanol–water partition coefficient (Wildman–Crippen LogP) is 4.92. The van der Waals surface area contributed by atoms with E-state index in [1.54, 1.807) is 4.90 Å². The average Bonchev–Trinajstić information content (AvgIpc) is 2.95. The number of ether oxygens (including phenoxy) is 1. The third-order valence-electron chi connectivity index (χ3n) is 5.72. The van der Waals surface area contributed by atoms with E-state index in [1.165, 1.54) is 6.07 Å². The summed E-state index contributed by atoms with van der Waals surface area (Å²) in [5, 5.41) is 0. The summed E-state index contributed by atoms with van der Waals surface area (Å²) in [6.45, 7) is 3.87. The lowest BCUT2D eigenvalue weighted by Gasteiger charge is -2.36. The lowest BCUT2D eigenvalue weighted by Crippen LogP contribution is -2.51. The Hall–Kier alpha value is -3.74. The maximum Gasteiger partial charge on any atom is 0.256 e. The van der Waals surface area contributed by atoms with E-state index in [0.29, 0.717) is 31.9 Å². The number of para-hydroxylation sites is 1. The maximum absolute atomic E-state index is 14.1. The molecule has 2 heterocycles. The number of carbonyl (C=O) groups excluding carboxylic acids is 1. The van der Waals surface area contributed by atoms with Crippen LogP contribution in [0.1, 0.15) is 21.5 Å².